The zero-order chi connectivity index (χ0) is 6.10. The molecule has 0 unspecified atom stereocenters. The summed E-state index contributed by atoms with van der Waals surface area (Å²) in [6.07, 6.45) is 0. The normalized spacial score (nSPS) is 10.2. The third-order valence-electron chi connectivity index (χ3n) is 1.08. The molecule has 0 aromatic heterocycles. The van der Waals surface area contributed by atoms with E-state index in [-0.39, 0.29) is 0 Å². The molecule has 4 nitrogen and oxygen atoms in total. The summed E-state index contributed by atoms with van der Waals surface area (Å²) >= 11 is 0. The van der Waals surface area contributed by atoms with E-state index in [1.54, 1.807) is 6.07 Å². The van der Waals surface area contributed by atoms with Crippen LogP contribution in [0.3, 0.4) is 0 Å². The lowest BCUT2D eigenvalue weighted by atomic mass is 10.4. The molecule has 0 bridgehead atoms. The molecule has 0 saturated heterocycles. The molecule has 9 heavy (non-hydrogen) atoms. The Morgan fingerprint density at radius 2 is 2.33 bits per heavy atom. The molecule has 0 atom stereocenters. The molecule has 0 aromatic rings. The highest BCUT2D eigenvalue weighted by Crippen LogP contribution is 2.15. The lowest BCUT2D eigenvalue weighted by Gasteiger charge is -1.86. The molecule has 0 fully saturated rings. The summed E-state index contributed by atoms with van der Waals surface area (Å²) in [4.78, 5) is 0. The van der Waals surface area contributed by atoms with E-state index in [4.69, 9.17) is 4.52 Å². The molecule has 0 N–H and O–H groups in total. The first kappa shape index (κ1) is 4.43. The minimum Gasteiger partial charge on any atom is -0.336 e. The quantitative estimate of drug-likeness (QED) is 0.511. The first-order valence-corrected chi connectivity index (χ1v) is 2.50. The second-order valence-electron chi connectivity index (χ2n) is 1.64. The lowest BCUT2D eigenvalue weighted by Crippen LogP contribution is -1.87. The van der Waals surface area contributed by atoms with Crippen LogP contribution in [0.1, 0.15) is 0 Å². The summed E-state index contributed by atoms with van der Waals surface area (Å²) in [7, 11) is 0. The molecule has 0 saturated carbocycles. The van der Waals surface area contributed by atoms with Crippen molar-refractivity contribution >= 4 is 0 Å². The first-order chi connectivity index (χ1) is 4.47. The highest BCUT2D eigenvalue weighted by Gasteiger charge is 2.03. The van der Waals surface area contributed by atoms with Gasteiger partial charge < -0.3 is 4.52 Å². The number of nitrogens with zero attached hydrogens (tertiary/aromatic N) is 3. The van der Waals surface area contributed by atoms with E-state index in [0.717, 1.165) is 5.69 Å². The minimum atomic E-state index is 0.671. The van der Waals surface area contributed by atoms with Crippen LogP contribution in [0.5, 0.6) is 0 Å². The highest BCUT2D eigenvalue weighted by molar-refractivity contribution is 5.52. The molecule has 1 aliphatic heterocycles. The van der Waals surface area contributed by atoms with Gasteiger partial charge in [-0.3, -0.25) is 0 Å². The van der Waals surface area contributed by atoms with Gasteiger partial charge in [0, 0.05) is 0 Å². The predicted molar refractivity (Wildman–Crippen MR) is 28.7 cm³/mol. The van der Waals surface area contributed by atoms with E-state index in [1.807, 2.05) is 12.1 Å². The van der Waals surface area contributed by atoms with E-state index >= 15 is 0 Å². The van der Waals surface area contributed by atoms with Crippen LogP contribution in [-0.4, -0.2) is 15.6 Å². The monoisotopic (exact) mass is 121 g/mol. The van der Waals surface area contributed by atoms with E-state index in [2.05, 4.69) is 15.6 Å². The van der Waals surface area contributed by atoms with Crippen molar-refractivity contribution in [1.82, 2.24) is 15.6 Å². The fourth-order valence-corrected chi connectivity index (χ4v) is 0.683. The Morgan fingerprint density at radius 1 is 1.33 bits per heavy atom. The van der Waals surface area contributed by atoms with Gasteiger partial charge in [0.05, 0.1) is 5.27 Å². The minimum absolute atomic E-state index is 0.671. The van der Waals surface area contributed by atoms with Gasteiger partial charge in [-0.05, 0) is 17.3 Å². The largest absolute Gasteiger partial charge is 0.336 e. The van der Waals surface area contributed by atoms with Crippen molar-refractivity contribution in [1.29, 1.82) is 0 Å². The average Bonchev–Trinajstić information content (AvgIpc) is 2.33. The standard InChI is InChI=1S/C5H3N3O/c1-2-4-5(3-1)9-8-7-6-4/h1-3H. The third-order valence-corrected chi connectivity index (χ3v) is 1.08. The highest BCUT2D eigenvalue weighted by atomic mass is 16.5. The van der Waals surface area contributed by atoms with Crippen LogP contribution >= 0.6 is 0 Å². The lowest BCUT2D eigenvalue weighted by molar-refractivity contribution is 0.353. The second kappa shape index (κ2) is 1.51. The Bertz CT molecular complexity index is 252. The first-order valence-electron chi connectivity index (χ1n) is 2.50. The Labute approximate surface area is 50.8 Å². The summed E-state index contributed by atoms with van der Waals surface area (Å²) < 4.78 is 4.73. The number of fused-ring (bicyclic) bond motifs is 1. The van der Waals surface area contributed by atoms with Crippen LogP contribution < -0.4 is 0 Å². The number of hydrogen-bond acceptors (Lipinski definition) is 4. The van der Waals surface area contributed by atoms with E-state index in [1.165, 1.54) is 0 Å². The van der Waals surface area contributed by atoms with Crippen molar-refractivity contribution in [3.05, 3.63) is 18.2 Å². The Balaban J connectivity index is 2.79. The van der Waals surface area contributed by atoms with Crippen molar-refractivity contribution in [2.24, 2.45) is 0 Å². The Morgan fingerprint density at radius 3 is 3.22 bits per heavy atom. The van der Waals surface area contributed by atoms with Gasteiger partial charge in [0.25, 0.3) is 0 Å². The zero-order valence-corrected chi connectivity index (χ0v) is 4.48. The maximum atomic E-state index is 4.73. The average molecular weight is 121 g/mol. The van der Waals surface area contributed by atoms with Crippen molar-refractivity contribution < 1.29 is 4.52 Å². The van der Waals surface area contributed by atoms with Gasteiger partial charge in [-0.25, -0.2) is 0 Å². The molecule has 44 valence electrons. The van der Waals surface area contributed by atoms with E-state index in [0.29, 0.717) is 5.76 Å². The van der Waals surface area contributed by atoms with Gasteiger partial charge in [-0.1, -0.05) is 6.07 Å². The third kappa shape index (κ3) is 0.561. The molecule has 0 amide bonds. The van der Waals surface area contributed by atoms with Gasteiger partial charge in [0.2, 0.25) is 0 Å². The molecule has 4 heteroatoms. The molecule has 1 heterocycles. The number of aromatic nitrogens is 3. The summed E-state index contributed by atoms with van der Waals surface area (Å²) in [5, 5.41) is 10.3. The molecular formula is C5H3N3O. The number of hydrogen-bond donors (Lipinski definition) is 0. The van der Waals surface area contributed by atoms with Crippen LogP contribution in [0.15, 0.2) is 22.7 Å². The fourth-order valence-electron chi connectivity index (χ4n) is 0.683. The van der Waals surface area contributed by atoms with Crippen molar-refractivity contribution in [3.8, 4) is 11.5 Å². The van der Waals surface area contributed by atoms with Gasteiger partial charge >= 0.3 is 0 Å². The smallest absolute Gasteiger partial charge is 0.187 e. The maximum Gasteiger partial charge on any atom is 0.187 e. The second-order valence-corrected chi connectivity index (χ2v) is 1.64. The van der Waals surface area contributed by atoms with Crippen molar-refractivity contribution in [2.75, 3.05) is 0 Å². The molecule has 0 spiro atoms. The van der Waals surface area contributed by atoms with Crippen molar-refractivity contribution in [2.45, 2.75) is 0 Å². The molecule has 2 aliphatic rings. The van der Waals surface area contributed by atoms with Crippen LogP contribution in [-0.2, 0) is 0 Å². The predicted octanol–water partition coefficient (Wildman–Crippen LogP) is 0.569. The van der Waals surface area contributed by atoms with Crippen LogP contribution in [0.4, 0.5) is 0 Å². The van der Waals surface area contributed by atoms with Gasteiger partial charge in [-0.2, -0.15) is 0 Å². The molecule has 0 aromatic carbocycles. The summed E-state index contributed by atoms with van der Waals surface area (Å²) in [6.45, 7) is 0. The summed E-state index contributed by atoms with van der Waals surface area (Å²) in [6, 6.07) is 5.44. The van der Waals surface area contributed by atoms with Crippen LogP contribution in [0, 0.1) is 0 Å². The molecule has 1 aliphatic carbocycles. The van der Waals surface area contributed by atoms with Gasteiger partial charge in [0.15, 0.2) is 5.76 Å². The van der Waals surface area contributed by atoms with Crippen LogP contribution in [0.2, 0.25) is 0 Å². The van der Waals surface area contributed by atoms with Crippen molar-refractivity contribution in [3.63, 3.8) is 0 Å². The van der Waals surface area contributed by atoms with E-state index < -0.39 is 0 Å². The fraction of sp³-hybridized carbons (Fsp3) is 0. The van der Waals surface area contributed by atoms with Gasteiger partial charge in [0.1, 0.15) is 5.69 Å². The Kier molecular flexibility index (Phi) is 0.745. The number of rotatable bonds is 0. The SMILES string of the molecule is c1cc2nnnoc-2c1. The maximum absolute atomic E-state index is 4.73. The van der Waals surface area contributed by atoms with E-state index in [9.17, 15) is 0 Å². The van der Waals surface area contributed by atoms with Gasteiger partial charge in [-0.15, -0.1) is 5.10 Å². The molecule has 2 rings (SSSR count). The molecular weight excluding hydrogens is 118 g/mol. The topological polar surface area (TPSA) is 51.8 Å². The zero-order valence-electron chi connectivity index (χ0n) is 4.48. The summed E-state index contributed by atoms with van der Waals surface area (Å²) in [5.74, 6) is 0.671. The Hall–Kier alpha value is -1.45. The summed E-state index contributed by atoms with van der Waals surface area (Å²) in [5.41, 5.74) is 0.741. The van der Waals surface area contributed by atoms with Crippen LogP contribution in [0.25, 0.3) is 11.5 Å². The molecule has 0 radical (unpaired) electrons.